The van der Waals surface area contributed by atoms with Gasteiger partial charge < -0.3 is 5.32 Å². The van der Waals surface area contributed by atoms with E-state index in [-0.39, 0.29) is 18.5 Å². The number of rotatable bonds is 13. The summed E-state index contributed by atoms with van der Waals surface area (Å²) in [7, 11) is 0. The van der Waals surface area contributed by atoms with E-state index in [4.69, 9.17) is 9.62 Å². The monoisotopic (exact) mass is 690 g/mol. The summed E-state index contributed by atoms with van der Waals surface area (Å²) in [5.41, 5.74) is 0. The summed E-state index contributed by atoms with van der Waals surface area (Å²) >= 11 is 0.354. The van der Waals surface area contributed by atoms with Crippen LogP contribution in [-0.4, -0.2) is 88.1 Å². The number of ether oxygens (including phenoxy) is 1. The molecule has 34 heavy (non-hydrogen) atoms. The first kappa shape index (κ1) is 35.7. The minimum atomic E-state index is -4.85. The average molecular weight is 690 g/mol. The third-order valence-corrected chi connectivity index (χ3v) is 4.73. The maximum atomic E-state index is 12.3. The third kappa shape index (κ3) is 22.0. The van der Waals surface area contributed by atoms with E-state index in [1.54, 1.807) is 0 Å². The van der Waals surface area contributed by atoms with E-state index >= 15 is 0 Å². The molecule has 0 bridgehead atoms. The molecule has 7 nitrogen and oxygen atoms in total. The first-order chi connectivity index (χ1) is 16.0. The van der Waals surface area contributed by atoms with Crippen molar-refractivity contribution in [2.24, 2.45) is 5.92 Å². The van der Waals surface area contributed by atoms with E-state index in [9.17, 15) is 22.8 Å². The van der Waals surface area contributed by atoms with Crippen LogP contribution >= 0.6 is 0 Å². The Morgan fingerprint density at radius 1 is 1.09 bits per heavy atom. The molecule has 1 rings (SSSR count). The fraction of sp³-hybridized carbons (Fsp3) is 0.913. The number of nitrogens with one attached hydrogen (secondary N) is 1. The minimum absolute atomic E-state index is 0.0396. The van der Waals surface area contributed by atoms with Crippen LogP contribution in [0.15, 0.2) is 0 Å². The van der Waals surface area contributed by atoms with Crippen molar-refractivity contribution in [1.82, 2.24) is 10.2 Å². The number of likely N-dealkylation sites (tertiary alicyclic amines) is 1. The molecule has 0 spiro atoms. The fourth-order valence-electron chi connectivity index (χ4n) is 2.85. The number of carbonyl (C=O) groups excluding carboxylic acids is 2. The molecular formula is C23H44F3N2O5Tl. The van der Waals surface area contributed by atoms with Crippen molar-refractivity contribution < 1.29 is 35.2 Å². The number of nitrogens with zero attached hydrogens (tertiary/aromatic N) is 1. The van der Waals surface area contributed by atoms with Crippen LogP contribution in [0.2, 0.25) is 0 Å². The Labute approximate surface area is 220 Å². The van der Waals surface area contributed by atoms with Gasteiger partial charge in [0.05, 0.1) is 0 Å². The van der Waals surface area contributed by atoms with Crippen molar-refractivity contribution in [1.29, 1.82) is 0 Å². The van der Waals surface area contributed by atoms with Crippen molar-refractivity contribution in [2.45, 2.75) is 98.2 Å². The first-order valence-corrected chi connectivity index (χ1v) is 14.0. The molecule has 0 aromatic rings. The van der Waals surface area contributed by atoms with Gasteiger partial charge in [0, 0.05) is 6.54 Å². The number of amides is 2. The van der Waals surface area contributed by atoms with Gasteiger partial charge in [0.1, 0.15) is 0 Å². The van der Waals surface area contributed by atoms with Gasteiger partial charge in [-0.1, -0.05) is 47.5 Å². The number of carbonyl (C=O) groups is 2. The Hall–Kier alpha value is -0.468. The Balaban J connectivity index is 0. The molecule has 1 N–H and O–H groups in total. The standard InChI is InChI=1S/C16H27F3N2O5.C4H10.C3H8.Tl/c17-16(18,19)15(23)20-8-3-1-2-7-14(22)21-9-4-6-13(21)12-25-10-5-11-26-24;1-4(2)3;1-3-2;/h13,24H,1-12H2,(H,20,23);4H,1-3H3;3H2,1-2H3;/q;;;+1/p-1. The van der Waals surface area contributed by atoms with Gasteiger partial charge in [-0.05, 0) is 12.3 Å². The molecule has 200 valence electrons. The summed E-state index contributed by atoms with van der Waals surface area (Å²) in [6.07, 6.45) is 0.937. The SMILES string of the molecule is CC(C)C.CCC.O=C(CCCCCNC(=O)C(F)(F)F)N1CCCC1COCCCO[O][Tl]. The van der Waals surface area contributed by atoms with E-state index < -0.39 is 12.1 Å². The molecule has 1 aliphatic rings. The van der Waals surface area contributed by atoms with Crippen LogP contribution in [-0.2, 0) is 22.1 Å². The van der Waals surface area contributed by atoms with Gasteiger partial charge in [0.2, 0.25) is 0 Å². The van der Waals surface area contributed by atoms with Crippen LogP contribution in [0.3, 0.4) is 0 Å². The molecular weight excluding hydrogens is 646 g/mol. The topological polar surface area (TPSA) is 77.1 Å². The zero-order chi connectivity index (χ0) is 26.4. The first-order valence-electron chi connectivity index (χ1n) is 12.2. The van der Waals surface area contributed by atoms with Crippen LogP contribution in [0.4, 0.5) is 13.2 Å². The molecule has 0 aromatic heterocycles. The van der Waals surface area contributed by atoms with E-state index in [1.165, 1.54) is 6.42 Å². The molecule has 1 atom stereocenters. The Morgan fingerprint density at radius 2 is 1.71 bits per heavy atom. The molecule has 1 aliphatic heterocycles. The maximum absolute atomic E-state index is 12.3. The zero-order valence-corrected chi connectivity index (χ0v) is 26.0. The molecule has 0 aliphatic carbocycles. The molecule has 1 unspecified atom stereocenters. The summed E-state index contributed by atoms with van der Waals surface area (Å²) in [5.74, 6) is -1.04. The molecule has 0 saturated carbocycles. The van der Waals surface area contributed by atoms with Gasteiger partial charge in [0.15, 0.2) is 0 Å². The van der Waals surface area contributed by atoms with Gasteiger partial charge in [-0.3, -0.25) is 4.79 Å². The van der Waals surface area contributed by atoms with E-state index in [2.05, 4.69) is 37.5 Å². The second kappa shape index (κ2) is 23.0. The molecule has 1 heterocycles. The van der Waals surface area contributed by atoms with Gasteiger partial charge in [-0.2, -0.15) is 13.2 Å². The third-order valence-electron chi connectivity index (χ3n) is 4.20. The number of hydrogen-bond donors (Lipinski definition) is 1. The fourth-order valence-corrected chi connectivity index (χ4v) is 3.22. The van der Waals surface area contributed by atoms with Crippen LogP contribution in [0.5, 0.6) is 0 Å². The van der Waals surface area contributed by atoms with E-state index in [1.807, 2.05) is 10.2 Å². The number of hydrogen-bond acceptors (Lipinski definition) is 5. The van der Waals surface area contributed by atoms with Crippen LogP contribution in [0, 0.1) is 5.92 Å². The predicted octanol–water partition coefficient (Wildman–Crippen LogP) is 4.73. The predicted molar refractivity (Wildman–Crippen MR) is 127 cm³/mol. The quantitative estimate of drug-likeness (QED) is 0.131. The van der Waals surface area contributed by atoms with Crippen LogP contribution in [0.25, 0.3) is 0 Å². The molecule has 1 fully saturated rings. The summed E-state index contributed by atoms with van der Waals surface area (Å²) in [6, 6.07) is 0.0841. The molecule has 1 saturated heterocycles. The number of halogens is 3. The van der Waals surface area contributed by atoms with E-state index in [0.717, 1.165) is 25.2 Å². The van der Waals surface area contributed by atoms with Gasteiger partial charge >= 0.3 is 131 Å². The molecule has 11 heteroatoms. The van der Waals surface area contributed by atoms with Crippen LogP contribution < -0.4 is 5.32 Å². The zero-order valence-electron chi connectivity index (χ0n) is 21.5. The summed E-state index contributed by atoms with van der Waals surface area (Å²) in [6.45, 7) is 13.0. The summed E-state index contributed by atoms with van der Waals surface area (Å²) in [5, 5.41) is 1.82. The van der Waals surface area contributed by atoms with Crippen molar-refractivity contribution in [3.63, 3.8) is 0 Å². The summed E-state index contributed by atoms with van der Waals surface area (Å²) < 4.78 is 46.3. The van der Waals surface area contributed by atoms with Gasteiger partial charge in [-0.25, -0.2) is 0 Å². The van der Waals surface area contributed by atoms with Gasteiger partial charge in [-0.15, -0.1) is 0 Å². The Morgan fingerprint density at radius 3 is 2.26 bits per heavy atom. The average Bonchev–Trinajstić information content (AvgIpc) is 3.21. The van der Waals surface area contributed by atoms with Crippen molar-refractivity contribution >= 4 is 38.0 Å². The number of alkyl halides is 3. The Kier molecular flexibility index (Phi) is 24.1. The van der Waals surface area contributed by atoms with Crippen molar-refractivity contribution in [3.05, 3.63) is 0 Å². The molecule has 0 aromatic carbocycles. The van der Waals surface area contributed by atoms with E-state index in [0.29, 0.717) is 78.3 Å². The Bertz CT molecular complexity index is 509. The normalized spacial score (nSPS) is 15.3. The summed E-state index contributed by atoms with van der Waals surface area (Å²) in [4.78, 5) is 29.6. The molecule has 2 amide bonds. The van der Waals surface area contributed by atoms with Gasteiger partial charge in [0.25, 0.3) is 0 Å². The second-order valence-electron chi connectivity index (χ2n) is 8.73. The second-order valence-corrected chi connectivity index (χ2v) is 9.48. The van der Waals surface area contributed by atoms with Crippen molar-refractivity contribution in [2.75, 3.05) is 32.9 Å². The number of unbranched alkanes of at least 4 members (excludes halogenated alkanes) is 2. The van der Waals surface area contributed by atoms with Crippen molar-refractivity contribution in [3.8, 4) is 0 Å². The van der Waals surface area contributed by atoms with Crippen LogP contribution in [0.1, 0.15) is 86.0 Å². The molecule has 0 radical (unpaired) electrons.